The van der Waals surface area contributed by atoms with Gasteiger partial charge in [-0.2, -0.15) is 0 Å². The van der Waals surface area contributed by atoms with Crippen molar-refractivity contribution in [2.45, 2.75) is 45.1 Å². The van der Waals surface area contributed by atoms with Gasteiger partial charge in [-0.15, -0.1) is 0 Å². The number of hydrogen-bond donors (Lipinski definition) is 2. The van der Waals surface area contributed by atoms with Crippen LogP contribution < -0.4 is 5.32 Å². The Morgan fingerprint density at radius 2 is 2.18 bits per heavy atom. The van der Waals surface area contributed by atoms with Crippen LogP contribution in [0.3, 0.4) is 0 Å². The fourth-order valence-corrected chi connectivity index (χ4v) is 3.00. The highest BCUT2D eigenvalue weighted by atomic mass is 16.4. The van der Waals surface area contributed by atoms with E-state index in [1.807, 2.05) is 12.4 Å². The van der Waals surface area contributed by atoms with Crippen LogP contribution in [0.15, 0.2) is 29.7 Å². The maximum absolute atomic E-state index is 9.31. The molecule has 2 rings (SSSR count). The van der Waals surface area contributed by atoms with Crippen molar-refractivity contribution in [1.82, 2.24) is 15.2 Å². The molecule has 0 spiro atoms. The first kappa shape index (κ1) is 16.9. The molecule has 1 unspecified atom stereocenters. The van der Waals surface area contributed by atoms with Crippen LogP contribution in [0, 0.1) is 0 Å². The summed E-state index contributed by atoms with van der Waals surface area (Å²) in [5.41, 5.74) is 2.17. The molecule has 0 aliphatic carbocycles. The third-order valence-corrected chi connectivity index (χ3v) is 4.29. The number of hydrogen-bond acceptors (Lipinski definition) is 5. The number of aromatic nitrogens is 1. The van der Waals surface area contributed by atoms with Gasteiger partial charge in [-0.3, -0.25) is 9.88 Å². The third kappa shape index (κ3) is 5.07. The first-order valence-electron chi connectivity index (χ1n) is 8.39. The number of nitrogens with one attached hydrogen (secondary N) is 1. The lowest BCUT2D eigenvalue weighted by Gasteiger charge is -2.36. The van der Waals surface area contributed by atoms with Crippen molar-refractivity contribution >= 4 is 5.71 Å². The normalized spacial score (nSPS) is 20.2. The molecule has 1 aliphatic heterocycles. The second-order valence-corrected chi connectivity index (χ2v) is 5.95. The Hall–Kier alpha value is -1.46. The van der Waals surface area contributed by atoms with E-state index < -0.39 is 0 Å². The second kappa shape index (κ2) is 9.54. The summed E-state index contributed by atoms with van der Waals surface area (Å²) in [6, 6.07) is 4.47. The lowest BCUT2D eigenvalue weighted by atomic mass is 10.0. The van der Waals surface area contributed by atoms with E-state index in [4.69, 9.17) is 0 Å². The van der Waals surface area contributed by atoms with Crippen LogP contribution >= 0.6 is 0 Å². The number of piperazine rings is 1. The van der Waals surface area contributed by atoms with Crippen molar-refractivity contribution in [3.8, 4) is 0 Å². The minimum Gasteiger partial charge on any atom is -0.411 e. The van der Waals surface area contributed by atoms with Gasteiger partial charge in [0.15, 0.2) is 0 Å². The molecule has 2 heterocycles. The van der Waals surface area contributed by atoms with Crippen LogP contribution in [-0.2, 0) is 0 Å². The molecule has 0 saturated carbocycles. The standard InChI is InChI=1S/C17H28N4O/c1-2-3-4-5-6-16(20-22)14-21-12-11-19-13-17(21)15-7-9-18-10-8-15/h7-10,17,19,22H,2-6,11-14H2,1H3. The lowest BCUT2D eigenvalue weighted by Crippen LogP contribution is -2.47. The van der Waals surface area contributed by atoms with Gasteiger partial charge in [0.05, 0.1) is 5.71 Å². The number of unbranched alkanes of at least 4 members (excludes halogenated alkanes) is 3. The molecule has 0 aromatic carbocycles. The molecule has 1 aromatic rings. The summed E-state index contributed by atoms with van der Waals surface area (Å²) < 4.78 is 0. The highest BCUT2D eigenvalue weighted by Crippen LogP contribution is 2.21. The van der Waals surface area contributed by atoms with Crippen molar-refractivity contribution in [2.75, 3.05) is 26.2 Å². The molecule has 1 fully saturated rings. The SMILES string of the molecule is CCCCCCC(CN1CCNCC1c1ccncc1)=NO. The monoisotopic (exact) mass is 304 g/mol. The molecule has 5 heteroatoms. The largest absolute Gasteiger partial charge is 0.411 e. The minimum absolute atomic E-state index is 0.323. The van der Waals surface area contributed by atoms with Crippen LogP contribution in [0.4, 0.5) is 0 Å². The number of rotatable bonds is 8. The zero-order chi connectivity index (χ0) is 15.6. The van der Waals surface area contributed by atoms with Crippen molar-refractivity contribution in [3.63, 3.8) is 0 Å². The average molecular weight is 304 g/mol. The Bertz CT molecular complexity index is 449. The van der Waals surface area contributed by atoms with E-state index in [2.05, 4.69) is 39.4 Å². The Morgan fingerprint density at radius 1 is 1.36 bits per heavy atom. The topological polar surface area (TPSA) is 60.8 Å². The molecule has 2 N–H and O–H groups in total. The van der Waals surface area contributed by atoms with Crippen LogP contribution in [-0.4, -0.2) is 47.0 Å². The fourth-order valence-electron chi connectivity index (χ4n) is 3.00. The number of oxime groups is 1. The fraction of sp³-hybridized carbons (Fsp3) is 0.647. The lowest BCUT2D eigenvalue weighted by molar-refractivity contribution is 0.183. The molecule has 1 aromatic heterocycles. The molecule has 1 saturated heterocycles. The van der Waals surface area contributed by atoms with E-state index >= 15 is 0 Å². The quantitative estimate of drug-likeness (QED) is 0.335. The smallest absolute Gasteiger partial charge is 0.0710 e. The molecular weight excluding hydrogens is 276 g/mol. The number of nitrogens with zero attached hydrogens (tertiary/aromatic N) is 3. The van der Waals surface area contributed by atoms with E-state index in [-0.39, 0.29) is 0 Å². The van der Waals surface area contributed by atoms with Gasteiger partial charge in [-0.05, 0) is 30.5 Å². The molecule has 5 nitrogen and oxygen atoms in total. The molecule has 0 amide bonds. The summed E-state index contributed by atoms with van der Waals surface area (Å²) >= 11 is 0. The van der Waals surface area contributed by atoms with Crippen LogP contribution in [0.1, 0.15) is 50.6 Å². The zero-order valence-electron chi connectivity index (χ0n) is 13.5. The summed E-state index contributed by atoms with van der Waals surface area (Å²) in [7, 11) is 0. The van der Waals surface area contributed by atoms with Gasteiger partial charge >= 0.3 is 0 Å². The zero-order valence-corrected chi connectivity index (χ0v) is 13.5. The first-order chi connectivity index (χ1) is 10.8. The van der Waals surface area contributed by atoms with Crippen molar-refractivity contribution in [2.24, 2.45) is 5.16 Å². The molecule has 22 heavy (non-hydrogen) atoms. The van der Waals surface area contributed by atoms with Crippen LogP contribution in [0.5, 0.6) is 0 Å². The summed E-state index contributed by atoms with van der Waals surface area (Å²) in [5.74, 6) is 0. The van der Waals surface area contributed by atoms with E-state index in [9.17, 15) is 5.21 Å². The minimum atomic E-state index is 0.323. The van der Waals surface area contributed by atoms with E-state index in [0.29, 0.717) is 6.04 Å². The number of pyridine rings is 1. The Kier molecular flexibility index (Phi) is 7.33. The van der Waals surface area contributed by atoms with E-state index in [1.54, 1.807) is 0 Å². The second-order valence-electron chi connectivity index (χ2n) is 5.95. The highest BCUT2D eigenvalue weighted by Gasteiger charge is 2.24. The maximum Gasteiger partial charge on any atom is 0.0710 e. The van der Waals surface area contributed by atoms with Crippen molar-refractivity contribution in [1.29, 1.82) is 0 Å². The first-order valence-corrected chi connectivity index (χ1v) is 8.39. The van der Waals surface area contributed by atoms with Gasteiger partial charge in [0.2, 0.25) is 0 Å². The van der Waals surface area contributed by atoms with Crippen LogP contribution in [0.25, 0.3) is 0 Å². The van der Waals surface area contributed by atoms with Crippen molar-refractivity contribution in [3.05, 3.63) is 30.1 Å². The average Bonchev–Trinajstić information content (AvgIpc) is 2.59. The predicted molar refractivity (Wildman–Crippen MR) is 89.4 cm³/mol. The van der Waals surface area contributed by atoms with E-state index in [0.717, 1.165) is 44.7 Å². The Balaban J connectivity index is 1.93. The molecular formula is C17H28N4O. The molecule has 1 atom stereocenters. The van der Waals surface area contributed by atoms with Gasteiger partial charge in [0.25, 0.3) is 0 Å². The van der Waals surface area contributed by atoms with Crippen LogP contribution in [0.2, 0.25) is 0 Å². The van der Waals surface area contributed by atoms with Gasteiger partial charge in [-0.25, -0.2) is 0 Å². The van der Waals surface area contributed by atoms with Crippen molar-refractivity contribution < 1.29 is 5.21 Å². The summed E-state index contributed by atoms with van der Waals surface area (Å²) in [5, 5.41) is 16.3. The molecule has 1 aliphatic rings. The maximum atomic E-state index is 9.31. The predicted octanol–water partition coefficient (Wildman–Crippen LogP) is 2.83. The van der Waals surface area contributed by atoms with Gasteiger partial charge < -0.3 is 10.5 Å². The molecule has 0 radical (unpaired) electrons. The van der Waals surface area contributed by atoms with E-state index in [1.165, 1.54) is 24.8 Å². The Morgan fingerprint density at radius 3 is 2.91 bits per heavy atom. The molecule has 122 valence electrons. The Labute approximate surface area is 133 Å². The van der Waals surface area contributed by atoms with Gasteiger partial charge in [0, 0.05) is 44.6 Å². The van der Waals surface area contributed by atoms with Gasteiger partial charge in [-0.1, -0.05) is 31.3 Å². The van der Waals surface area contributed by atoms with Gasteiger partial charge in [0.1, 0.15) is 0 Å². The summed E-state index contributed by atoms with van der Waals surface area (Å²) in [4.78, 5) is 6.50. The summed E-state index contributed by atoms with van der Waals surface area (Å²) in [6.45, 7) is 5.84. The molecule has 0 bridgehead atoms. The summed E-state index contributed by atoms with van der Waals surface area (Å²) in [6.07, 6.45) is 9.38. The highest BCUT2D eigenvalue weighted by molar-refractivity contribution is 5.85. The third-order valence-electron chi connectivity index (χ3n) is 4.29.